The van der Waals surface area contributed by atoms with Crippen LogP contribution in [0.3, 0.4) is 0 Å². The minimum Gasteiger partial charge on any atom is -0.374 e. The molecule has 2 bridgehead atoms. The number of hydrogen-bond acceptors (Lipinski definition) is 3. The average molecular weight is 335 g/mol. The van der Waals surface area contributed by atoms with Crippen molar-refractivity contribution in [2.75, 3.05) is 6.61 Å². The highest BCUT2D eigenvalue weighted by Gasteiger charge is 2.52. The molecule has 0 radical (unpaired) electrons. The molecule has 4 aliphatic rings. The number of nitrogens with one attached hydrogen (secondary N) is 1. The third-order valence-corrected chi connectivity index (χ3v) is 6.73. The molecule has 0 spiro atoms. The minimum atomic E-state index is -0.401. The van der Waals surface area contributed by atoms with Crippen molar-refractivity contribution >= 4 is 11.7 Å². The number of amides is 1. The summed E-state index contributed by atoms with van der Waals surface area (Å²) in [5, 5.41) is 3.20. The zero-order valence-corrected chi connectivity index (χ0v) is 15.5. The standard InChI is InChI=1S/C20H33NO3/c1-14(2)17(22)16(15-7-5-4-6-8-15)21-18(23)20-11-9-19(3,10-12-20)24-13-20/h14-16H,4-13H2,1-3H3,(H,21,23)/t16-,19?,20?/m1/s1. The molecule has 1 amide bonds. The van der Waals surface area contributed by atoms with Crippen LogP contribution in [0.25, 0.3) is 0 Å². The van der Waals surface area contributed by atoms with Gasteiger partial charge in [-0.2, -0.15) is 0 Å². The molecule has 4 nitrogen and oxygen atoms in total. The number of fused-ring (bicyclic) bond motifs is 3. The lowest BCUT2D eigenvalue weighted by Gasteiger charge is -2.51. The van der Waals surface area contributed by atoms with Gasteiger partial charge in [-0.25, -0.2) is 0 Å². The Morgan fingerprint density at radius 2 is 1.67 bits per heavy atom. The molecule has 136 valence electrons. The van der Waals surface area contributed by atoms with Gasteiger partial charge in [0.1, 0.15) is 0 Å². The predicted octanol–water partition coefficient (Wildman–Crippen LogP) is 3.63. The summed E-state index contributed by atoms with van der Waals surface area (Å²) in [5.74, 6) is 0.539. The van der Waals surface area contributed by atoms with Gasteiger partial charge in [-0.15, -0.1) is 0 Å². The fraction of sp³-hybridized carbons (Fsp3) is 0.900. The Morgan fingerprint density at radius 1 is 1.04 bits per heavy atom. The van der Waals surface area contributed by atoms with Crippen LogP contribution in [-0.2, 0) is 14.3 Å². The van der Waals surface area contributed by atoms with E-state index in [-0.39, 0.29) is 29.3 Å². The van der Waals surface area contributed by atoms with Crippen LogP contribution < -0.4 is 5.32 Å². The number of Topliss-reactive ketones (excluding diaryl/α,β-unsaturated/α-hetero) is 1. The SMILES string of the molecule is CC(C)C(=O)[C@H](NC(=O)C12CCC(C)(CC1)OC2)C1CCCCC1. The molecule has 2 heterocycles. The molecule has 0 aromatic rings. The quantitative estimate of drug-likeness (QED) is 0.835. The fourth-order valence-electron chi connectivity index (χ4n) is 4.69. The first kappa shape index (κ1) is 17.9. The van der Waals surface area contributed by atoms with Gasteiger partial charge >= 0.3 is 0 Å². The highest BCUT2D eigenvalue weighted by Crippen LogP contribution is 2.48. The molecule has 1 atom stereocenters. The van der Waals surface area contributed by atoms with Crippen molar-refractivity contribution in [3.8, 4) is 0 Å². The van der Waals surface area contributed by atoms with Crippen LogP contribution in [0.4, 0.5) is 0 Å². The highest BCUT2D eigenvalue weighted by atomic mass is 16.5. The van der Waals surface area contributed by atoms with E-state index in [1.807, 2.05) is 13.8 Å². The van der Waals surface area contributed by atoms with Crippen LogP contribution in [0.15, 0.2) is 0 Å². The normalized spacial score (nSPS) is 35.0. The summed E-state index contributed by atoms with van der Waals surface area (Å²) in [4.78, 5) is 25.9. The number of carbonyl (C=O) groups excluding carboxylic acids is 2. The first-order valence-corrected chi connectivity index (χ1v) is 9.84. The van der Waals surface area contributed by atoms with Crippen LogP contribution in [-0.4, -0.2) is 29.9 Å². The summed E-state index contributed by atoms with van der Waals surface area (Å²) in [7, 11) is 0. The maximum atomic E-state index is 13.1. The van der Waals surface area contributed by atoms with Gasteiger partial charge in [0, 0.05) is 5.92 Å². The van der Waals surface area contributed by atoms with Crippen LogP contribution in [0, 0.1) is 17.3 Å². The van der Waals surface area contributed by atoms with Crippen molar-refractivity contribution in [3.05, 3.63) is 0 Å². The third-order valence-electron chi connectivity index (χ3n) is 6.73. The van der Waals surface area contributed by atoms with E-state index in [0.717, 1.165) is 38.5 Å². The molecule has 1 N–H and O–H groups in total. The van der Waals surface area contributed by atoms with Gasteiger partial charge < -0.3 is 10.1 Å². The lowest BCUT2D eigenvalue weighted by Crippen LogP contribution is -2.59. The number of rotatable bonds is 5. The number of ether oxygens (including phenoxy) is 1. The number of ketones is 1. The summed E-state index contributed by atoms with van der Waals surface area (Å²) in [5.41, 5.74) is -0.430. The number of carbonyl (C=O) groups is 2. The van der Waals surface area contributed by atoms with Crippen LogP contribution in [0.5, 0.6) is 0 Å². The smallest absolute Gasteiger partial charge is 0.229 e. The van der Waals surface area contributed by atoms with Gasteiger partial charge in [0.15, 0.2) is 5.78 Å². The van der Waals surface area contributed by atoms with Gasteiger partial charge in [-0.1, -0.05) is 33.1 Å². The molecule has 0 unspecified atom stereocenters. The first-order valence-electron chi connectivity index (χ1n) is 9.84. The summed E-state index contributed by atoms with van der Waals surface area (Å²) in [6.45, 7) is 6.56. The number of hydrogen-bond donors (Lipinski definition) is 1. The van der Waals surface area contributed by atoms with Gasteiger partial charge in [-0.05, 0) is 51.4 Å². The second-order valence-corrected chi connectivity index (χ2v) is 8.93. The molecule has 4 fully saturated rings. The van der Waals surface area contributed by atoms with E-state index in [4.69, 9.17) is 4.74 Å². The molecular weight excluding hydrogens is 302 g/mol. The van der Waals surface area contributed by atoms with Crippen LogP contribution in [0.1, 0.15) is 78.6 Å². The average Bonchev–Trinajstić information content (AvgIpc) is 2.60. The van der Waals surface area contributed by atoms with E-state index >= 15 is 0 Å². The third kappa shape index (κ3) is 3.40. The Bertz CT molecular complexity index is 469. The molecule has 2 aliphatic heterocycles. The minimum absolute atomic E-state index is 0.0292. The van der Waals surface area contributed by atoms with E-state index < -0.39 is 5.41 Å². The van der Waals surface area contributed by atoms with E-state index in [1.165, 1.54) is 19.3 Å². The lowest BCUT2D eigenvalue weighted by molar-refractivity contribution is -0.185. The molecule has 4 rings (SSSR count). The molecule has 0 aromatic carbocycles. The summed E-state index contributed by atoms with van der Waals surface area (Å²) >= 11 is 0. The fourth-order valence-corrected chi connectivity index (χ4v) is 4.69. The largest absolute Gasteiger partial charge is 0.374 e. The van der Waals surface area contributed by atoms with Crippen molar-refractivity contribution in [3.63, 3.8) is 0 Å². The second kappa shape index (κ2) is 6.78. The Hall–Kier alpha value is -0.900. The molecular formula is C20H33NO3. The van der Waals surface area contributed by atoms with Crippen molar-refractivity contribution in [1.82, 2.24) is 5.32 Å². The second-order valence-electron chi connectivity index (χ2n) is 8.93. The predicted molar refractivity (Wildman–Crippen MR) is 93.6 cm³/mol. The topological polar surface area (TPSA) is 55.4 Å². The summed E-state index contributed by atoms with van der Waals surface area (Å²) in [6, 6.07) is -0.303. The van der Waals surface area contributed by atoms with Crippen LogP contribution >= 0.6 is 0 Å². The van der Waals surface area contributed by atoms with Gasteiger partial charge in [0.25, 0.3) is 0 Å². The molecule has 2 saturated heterocycles. The van der Waals surface area contributed by atoms with E-state index in [9.17, 15) is 9.59 Å². The molecule has 0 aromatic heterocycles. The monoisotopic (exact) mass is 335 g/mol. The van der Waals surface area contributed by atoms with Crippen molar-refractivity contribution < 1.29 is 14.3 Å². The lowest BCUT2D eigenvalue weighted by atomic mass is 9.66. The summed E-state index contributed by atoms with van der Waals surface area (Å²) < 4.78 is 5.98. The Balaban J connectivity index is 1.72. The zero-order valence-electron chi connectivity index (χ0n) is 15.5. The van der Waals surface area contributed by atoms with Gasteiger partial charge in [0.2, 0.25) is 5.91 Å². The highest BCUT2D eigenvalue weighted by molar-refractivity contribution is 5.92. The van der Waals surface area contributed by atoms with Crippen molar-refractivity contribution in [2.24, 2.45) is 17.3 Å². The Morgan fingerprint density at radius 3 is 2.17 bits per heavy atom. The van der Waals surface area contributed by atoms with E-state index in [0.29, 0.717) is 12.5 Å². The molecule has 2 saturated carbocycles. The van der Waals surface area contributed by atoms with E-state index in [2.05, 4.69) is 12.2 Å². The van der Waals surface area contributed by atoms with Gasteiger partial charge in [-0.3, -0.25) is 9.59 Å². The van der Waals surface area contributed by atoms with E-state index in [1.54, 1.807) is 0 Å². The van der Waals surface area contributed by atoms with Crippen molar-refractivity contribution in [1.29, 1.82) is 0 Å². The Labute approximate surface area is 146 Å². The molecule has 2 aliphatic carbocycles. The molecule has 24 heavy (non-hydrogen) atoms. The first-order chi connectivity index (χ1) is 11.4. The maximum absolute atomic E-state index is 13.1. The zero-order chi connectivity index (χ0) is 17.4. The maximum Gasteiger partial charge on any atom is 0.229 e. The molecule has 4 heteroatoms. The Kier molecular flexibility index (Phi) is 5.06. The summed E-state index contributed by atoms with van der Waals surface area (Å²) in [6.07, 6.45) is 9.41. The van der Waals surface area contributed by atoms with Gasteiger partial charge in [0.05, 0.1) is 23.7 Å². The van der Waals surface area contributed by atoms with Crippen LogP contribution in [0.2, 0.25) is 0 Å². The van der Waals surface area contributed by atoms with Crippen molar-refractivity contribution in [2.45, 2.75) is 90.2 Å².